The van der Waals surface area contributed by atoms with Crippen LogP contribution >= 0.6 is 0 Å². The van der Waals surface area contributed by atoms with Gasteiger partial charge < -0.3 is 10.6 Å². The predicted octanol–water partition coefficient (Wildman–Crippen LogP) is 1.73. The van der Waals surface area contributed by atoms with E-state index in [1.807, 2.05) is 43.1 Å². The molecule has 0 aromatic heterocycles. The Bertz CT molecular complexity index is 438. The van der Waals surface area contributed by atoms with Crippen LogP contribution in [0.4, 0.5) is 0 Å². The number of likely N-dealkylation sites (N-methyl/N-ethyl adjacent to an activating group) is 1. The second-order valence-electron chi connectivity index (χ2n) is 5.56. The van der Waals surface area contributed by atoms with E-state index in [2.05, 4.69) is 0 Å². The Morgan fingerprint density at radius 1 is 1.39 bits per heavy atom. The molecule has 1 aliphatic carbocycles. The van der Waals surface area contributed by atoms with Gasteiger partial charge in [0.15, 0.2) is 0 Å². The van der Waals surface area contributed by atoms with E-state index in [1.54, 1.807) is 0 Å². The van der Waals surface area contributed by atoms with Crippen LogP contribution < -0.4 is 5.73 Å². The molecule has 0 saturated heterocycles. The molecule has 1 saturated carbocycles. The first-order valence-electron chi connectivity index (χ1n) is 6.55. The lowest BCUT2D eigenvalue weighted by Crippen LogP contribution is -2.36. The molecule has 1 amide bonds. The minimum absolute atomic E-state index is 0.184. The fourth-order valence-electron chi connectivity index (χ4n) is 2.30. The molecule has 1 aromatic rings. The number of carbonyl (C=O) groups excluding carboxylic acids is 1. The van der Waals surface area contributed by atoms with Crippen molar-refractivity contribution in [1.82, 2.24) is 4.90 Å². The molecule has 18 heavy (non-hydrogen) atoms. The summed E-state index contributed by atoms with van der Waals surface area (Å²) in [5, 5.41) is 0. The van der Waals surface area contributed by atoms with E-state index in [0.717, 1.165) is 24.9 Å². The molecule has 0 radical (unpaired) electrons. The zero-order valence-corrected chi connectivity index (χ0v) is 11.3. The van der Waals surface area contributed by atoms with Crippen molar-refractivity contribution in [2.45, 2.75) is 26.2 Å². The molecule has 0 heterocycles. The third-order valence-corrected chi connectivity index (χ3v) is 3.99. The summed E-state index contributed by atoms with van der Waals surface area (Å²) in [4.78, 5) is 14.0. The normalized spacial score (nSPS) is 16.4. The van der Waals surface area contributed by atoms with Crippen molar-refractivity contribution < 1.29 is 4.79 Å². The van der Waals surface area contributed by atoms with E-state index in [-0.39, 0.29) is 11.3 Å². The molecule has 3 heteroatoms. The summed E-state index contributed by atoms with van der Waals surface area (Å²) >= 11 is 0. The van der Waals surface area contributed by atoms with E-state index in [9.17, 15) is 4.79 Å². The van der Waals surface area contributed by atoms with Gasteiger partial charge in [0.1, 0.15) is 0 Å². The number of benzene rings is 1. The third kappa shape index (κ3) is 2.91. The molecule has 1 aliphatic rings. The van der Waals surface area contributed by atoms with Crippen LogP contribution in [0.25, 0.3) is 0 Å². The molecule has 2 N–H and O–H groups in total. The summed E-state index contributed by atoms with van der Waals surface area (Å²) < 4.78 is 0. The molecule has 1 fully saturated rings. The summed E-state index contributed by atoms with van der Waals surface area (Å²) in [6.45, 7) is 3.54. The molecule has 2 rings (SSSR count). The molecule has 3 nitrogen and oxygen atoms in total. The zero-order chi connectivity index (χ0) is 13.2. The van der Waals surface area contributed by atoms with E-state index < -0.39 is 0 Å². The Labute approximate surface area is 109 Å². The topological polar surface area (TPSA) is 46.3 Å². The molecule has 0 atom stereocenters. The van der Waals surface area contributed by atoms with Crippen LogP contribution in [0.15, 0.2) is 24.3 Å². The maximum atomic E-state index is 12.2. The molecule has 0 aliphatic heterocycles. The van der Waals surface area contributed by atoms with E-state index in [0.29, 0.717) is 13.0 Å². The van der Waals surface area contributed by atoms with Gasteiger partial charge in [-0.15, -0.1) is 0 Å². The van der Waals surface area contributed by atoms with Crippen molar-refractivity contribution in [1.29, 1.82) is 0 Å². The first-order valence-corrected chi connectivity index (χ1v) is 6.55. The lowest BCUT2D eigenvalue weighted by molar-refractivity contribution is -0.129. The average Bonchev–Trinajstić information content (AvgIpc) is 3.12. The summed E-state index contributed by atoms with van der Waals surface area (Å²) in [6.07, 6.45) is 2.81. The number of hydrogen-bond acceptors (Lipinski definition) is 2. The highest BCUT2D eigenvalue weighted by Gasteiger charge is 2.42. The monoisotopic (exact) mass is 246 g/mol. The minimum atomic E-state index is 0.184. The van der Waals surface area contributed by atoms with Crippen molar-refractivity contribution in [3.63, 3.8) is 0 Å². The summed E-state index contributed by atoms with van der Waals surface area (Å²) in [5.41, 5.74) is 8.27. The predicted molar refractivity (Wildman–Crippen MR) is 73.2 cm³/mol. The van der Waals surface area contributed by atoms with Crippen LogP contribution in [0.1, 0.15) is 24.0 Å². The Morgan fingerprint density at radius 3 is 2.61 bits per heavy atom. The maximum absolute atomic E-state index is 12.2. The highest BCUT2D eigenvalue weighted by molar-refractivity contribution is 5.79. The number of amides is 1. The molecular weight excluding hydrogens is 224 g/mol. The number of carbonyl (C=O) groups is 1. The van der Waals surface area contributed by atoms with Gasteiger partial charge in [-0.3, -0.25) is 4.79 Å². The van der Waals surface area contributed by atoms with E-state index >= 15 is 0 Å². The van der Waals surface area contributed by atoms with Crippen molar-refractivity contribution in [3.8, 4) is 0 Å². The summed E-state index contributed by atoms with van der Waals surface area (Å²) in [5.74, 6) is 0.184. The SMILES string of the molecule is Cc1ccccc1CC(=O)N(C)CC1(CN)CC1. The third-order valence-electron chi connectivity index (χ3n) is 3.99. The van der Waals surface area contributed by atoms with Gasteiger partial charge in [-0.1, -0.05) is 24.3 Å². The smallest absolute Gasteiger partial charge is 0.226 e. The van der Waals surface area contributed by atoms with Gasteiger partial charge >= 0.3 is 0 Å². The van der Waals surface area contributed by atoms with Gasteiger partial charge in [0.25, 0.3) is 0 Å². The highest BCUT2D eigenvalue weighted by Crippen LogP contribution is 2.44. The summed E-state index contributed by atoms with van der Waals surface area (Å²) in [7, 11) is 1.89. The van der Waals surface area contributed by atoms with Crippen molar-refractivity contribution in [3.05, 3.63) is 35.4 Å². The molecule has 1 aromatic carbocycles. The first-order chi connectivity index (χ1) is 8.56. The van der Waals surface area contributed by atoms with Gasteiger partial charge in [0.2, 0.25) is 5.91 Å². The first kappa shape index (κ1) is 13.1. The number of nitrogens with zero attached hydrogens (tertiary/aromatic N) is 1. The fraction of sp³-hybridized carbons (Fsp3) is 0.533. The van der Waals surface area contributed by atoms with Gasteiger partial charge in [-0.25, -0.2) is 0 Å². The van der Waals surface area contributed by atoms with Gasteiger partial charge in [-0.2, -0.15) is 0 Å². The molecule has 0 unspecified atom stereocenters. The van der Waals surface area contributed by atoms with Gasteiger partial charge in [0, 0.05) is 19.0 Å². The minimum Gasteiger partial charge on any atom is -0.345 e. The molecule has 98 valence electrons. The lowest BCUT2D eigenvalue weighted by atomic mass is 10.0. The zero-order valence-electron chi connectivity index (χ0n) is 11.3. The Balaban J connectivity index is 1.94. The standard InChI is InChI=1S/C15H22N2O/c1-12-5-3-4-6-13(12)9-14(18)17(2)11-15(10-16)7-8-15/h3-6H,7-11,16H2,1-2H3. The van der Waals surface area contributed by atoms with Crippen LogP contribution in [0.5, 0.6) is 0 Å². The summed E-state index contributed by atoms with van der Waals surface area (Å²) in [6, 6.07) is 8.06. The number of nitrogens with two attached hydrogens (primary N) is 1. The maximum Gasteiger partial charge on any atom is 0.226 e. The second kappa shape index (κ2) is 5.11. The lowest BCUT2D eigenvalue weighted by Gasteiger charge is -2.23. The number of hydrogen-bond donors (Lipinski definition) is 1. The fourth-order valence-corrected chi connectivity index (χ4v) is 2.30. The average molecular weight is 246 g/mol. The number of rotatable bonds is 5. The van der Waals surface area contributed by atoms with Crippen LogP contribution in [0, 0.1) is 12.3 Å². The Morgan fingerprint density at radius 2 is 2.06 bits per heavy atom. The van der Waals surface area contributed by atoms with E-state index in [4.69, 9.17) is 5.73 Å². The van der Waals surface area contributed by atoms with Crippen LogP contribution in [0.2, 0.25) is 0 Å². The van der Waals surface area contributed by atoms with Crippen molar-refractivity contribution >= 4 is 5.91 Å². The molecule has 0 spiro atoms. The van der Waals surface area contributed by atoms with Crippen LogP contribution in [-0.4, -0.2) is 30.9 Å². The van der Waals surface area contributed by atoms with Gasteiger partial charge in [-0.05, 0) is 37.4 Å². The highest BCUT2D eigenvalue weighted by atomic mass is 16.2. The largest absolute Gasteiger partial charge is 0.345 e. The van der Waals surface area contributed by atoms with Crippen LogP contribution in [-0.2, 0) is 11.2 Å². The van der Waals surface area contributed by atoms with Crippen molar-refractivity contribution in [2.24, 2.45) is 11.1 Å². The molecular formula is C15H22N2O. The van der Waals surface area contributed by atoms with E-state index in [1.165, 1.54) is 5.56 Å². The van der Waals surface area contributed by atoms with Gasteiger partial charge in [0.05, 0.1) is 6.42 Å². The molecule has 0 bridgehead atoms. The Kier molecular flexibility index (Phi) is 3.71. The Hall–Kier alpha value is -1.35. The second-order valence-corrected chi connectivity index (χ2v) is 5.56. The number of aryl methyl sites for hydroxylation is 1. The van der Waals surface area contributed by atoms with Crippen LogP contribution in [0.3, 0.4) is 0 Å². The van der Waals surface area contributed by atoms with Crippen molar-refractivity contribution in [2.75, 3.05) is 20.1 Å². The quantitative estimate of drug-likeness (QED) is 0.860.